The number of benzene rings is 1. The predicted octanol–water partition coefficient (Wildman–Crippen LogP) is 8.27. The van der Waals surface area contributed by atoms with Gasteiger partial charge in [0.1, 0.15) is 0 Å². The molecule has 0 aliphatic rings. The molecule has 0 aromatic heterocycles. The molecule has 1 aromatic carbocycles. The summed E-state index contributed by atoms with van der Waals surface area (Å²) in [5, 5.41) is 0. The second-order valence-corrected chi connectivity index (χ2v) is 12.7. The van der Waals surface area contributed by atoms with Crippen LogP contribution in [-0.2, 0) is 39.5 Å². The van der Waals surface area contributed by atoms with Gasteiger partial charge >= 0.3 is 15.2 Å². The first kappa shape index (κ1) is 27.5. The molecule has 12 heteroatoms. The average Bonchev–Trinajstić information content (AvgIpc) is 2.62. The SMILES string of the molecule is CCOP(=O)(Cc1c(Br)c(Br)c(CP(=O)(OCC)OCC)c(Br)c1Br)OCC. The van der Waals surface area contributed by atoms with E-state index in [1.165, 1.54) is 0 Å². The molecule has 0 fully saturated rings. The molecule has 0 radical (unpaired) electrons. The van der Waals surface area contributed by atoms with Crippen molar-refractivity contribution in [2.24, 2.45) is 0 Å². The van der Waals surface area contributed by atoms with E-state index in [9.17, 15) is 9.13 Å². The molecule has 0 amide bonds. The molecule has 1 aromatic rings. The molecular weight excluding hydrogens is 670 g/mol. The van der Waals surface area contributed by atoms with Crippen LogP contribution in [-0.4, -0.2) is 26.4 Å². The summed E-state index contributed by atoms with van der Waals surface area (Å²) in [6.07, 6.45) is 0.143. The fraction of sp³-hybridized carbons (Fsp3) is 0.625. The maximum Gasteiger partial charge on any atom is 0.335 e. The average molecular weight is 694 g/mol. The van der Waals surface area contributed by atoms with E-state index in [0.29, 0.717) is 29.0 Å². The number of hydrogen-bond acceptors (Lipinski definition) is 6. The molecule has 6 nitrogen and oxygen atoms in total. The monoisotopic (exact) mass is 690 g/mol. The highest BCUT2D eigenvalue weighted by molar-refractivity contribution is 9.14. The Morgan fingerprint density at radius 1 is 0.571 bits per heavy atom. The van der Waals surface area contributed by atoms with Gasteiger partial charge in [0.15, 0.2) is 0 Å². The summed E-state index contributed by atoms with van der Waals surface area (Å²) in [5.74, 6) is 0. The van der Waals surface area contributed by atoms with Crippen LogP contribution in [0.5, 0.6) is 0 Å². The van der Waals surface area contributed by atoms with Gasteiger partial charge in [-0.3, -0.25) is 9.13 Å². The number of halogens is 4. The van der Waals surface area contributed by atoms with Crippen molar-refractivity contribution >= 4 is 78.9 Å². The van der Waals surface area contributed by atoms with Gasteiger partial charge in [0.2, 0.25) is 0 Å². The van der Waals surface area contributed by atoms with Gasteiger partial charge < -0.3 is 18.1 Å². The Hall–Kier alpha value is 1.44. The quantitative estimate of drug-likeness (QED) is 0.162. The molecular formula is C16H24Br4O6P2. The highest BCUT2D eigenvalue weighted by Gasteiger charge is 2.32. The van der Waals surface area contributed by atoms with Gasteiger partial charge in [0, 0.05) is 17.9 Å². The molecule has 0 heterocycles. The molecule has 0 spiro atoms. The zero-order valence-corrected chi connectivity index (χ0v) is 24.2. The molecule has 28 heavy (non-hydrogen) atoms. The van der Waals surface area contributed by atoms with Crippen molar-refractivity contribution in [3.63, 3.8) is 0 Å². The number of rotatable bonds is 12. The van der Waals surface area contributed by atoms with Crippen molar-refractivity contribution in [1.29, 1.82) is 0 Å². The summed E-state index contributed by atoms with van der Waals surface area (Å²) >= 11 is 14.2. The van der Waals surface area contributed by atoms with Crippen LogP contribution >= 0.6 is 78.9 Å². The molecule has 0 N–H and O–H groups in total. The van der Waals surface area contributed by atoms with Crippen molar-refractivity contribution in [2.75, 3.05) is 26.4 Å². The maximum absolute atomic E-state index is 13.0. The summed E-state index contributed by atoms with van der Waals surface area (Å²) in [6, 6.07) is 0. The summed E-state index contributed by atoms with van der Waals surface area (Å²) in [6.45, 7) is 8.18. The summed E-state index contributed by atoms with van der Waals surface area (Å²) in [5.41, 5.74) is 1.41. The van der Waals surface area contributed by atoms with E-state index in [2.05, 4.69) is 63.7 Å². The van der Waals surface area contributed by atoms with Gasteiger partial charge in [0.25, 0.3) is 0 Å². The summed E-state index contributed by atoms with van der Waals surface area (Å²) in [7, 11) is -6.64. The molecule has 0 saturated heterocycles. The Labute approximate surface area is 200 Å². The van der Waals surface area contributed by atoms with Gasteiger partial charge in [-0.2, -0.15) is 0 Å². The van der Waals surface area contributed by atoms with E-state index in [4.69, 9.17) is 18.1 Å². The molecule has 162 valence electrons. The lowest BCUT2D eigenvalue weighted by Crippen LogP contribution is -2.05. The first-order valence-corrected chi connectivity index (χ1v) is 15.3. The Morgan fingerprint density at radius 2 is 0.786 bits per heavy atom. The van der Waals surface area contributed by atoms with Gasteiger partial charge in [-0.15, -0.1) is 0 Å². The normalized spacial score (nSPS) is 12.6. The molecule has 0 bridgehead atoms. The Bertz CT molecular complexity index is 662. The van der Waals surface area contributed by atoms with Crippen LogP contribution in [0.1, 0.15) is 38.8 Å². The van der Waals surface area contributed by atoms with Crippen LogP contribution in [0, 0.1) is 0 Å². The van der Waals surface area contributed by atoms with Crippen LogP contribution in [0.4, 0.5) is 0 Å². The van der Waals surface area contributed by atoms with Gasteiger partial charge in [0.05, 0.1) is 38.8 Å². The lowest BCUT2D eigenvalue weighted by Gasteiger charge is -2.23. The van der Waals surface area contributed by atoms with Crippen LogP contribution < -0.4 is 0 Å². The van der Waals surface area contributed by atoms with Crippen LogP contribution in [0.25, 0.3) is 0 Å². The lowest BCUT2D eigenvalue weighted by atomic mass is 10.2. The Balaban J connectivity index is 3.42. The molecule has 0 aliphatic carbocycles. The maximum atomic E-state index is 13.0. The van der Waals surface area contributed by atoms with Crippen LogP contribution in [0.3, 0.4) is 0 Å². The second-order valence-electron chi connectivity index (χ2n) is 5.42. The van der Waals surface area contributed by atoms with Gasteiger partial charge in [-0.25, -0.2) is 0 Å². The van der Waals surface area contributed by atoms with Crippen molar-refractivity contribution in [2.45, 2.75) is 40.0 Å². The molecule has 0 unspecified atom stereocenters. The van der Waals surface area contributed by atoms with Gasteiger partial charge in [-0.1, -0.05) is 0 Å². The van der Waals surface area contributed by atoms with E-state index >= 15 is 0 Å². The van der Waals surface area contributed by atoms with Crippen molar-refractivity contribution in [1.82, 2.24) is 0 Å². The minimum atomic E-state index is -3.32. The first-order valence-electron chi connectivity index (χ1n) is 8.67. The number of hydrogen-bond donors (Lipinski definition) is 0. The highest BCUT2D eigenvalue weighted by atomic mass is 79.9. The third-order valence-electron chi connectivity index (χ3n) is 3.45. The fourth-order valence-electron chi connectivity index (χ4n) is 2.43. The zero-order valence-electron chi connectivity index (χ0n) is 16.1. The second kappa shape index (κ2) is 12.5. The molecule has 0 saturated carbocycles. The third-order valence-corrected chi connectivity index (χ3v) is 12.0. The fourth-order valence-corrected chi connectivity index (χ4v) is 9.64. The van der Waals surface area contributed by atoms with E-state index in [1.807, 2.05) is 0 Å². The predicted molar refractivity (Wildman–Crippen MR) is 126 cm³/mol. The largest absolute Gasteiger partial charge is 0.335 e. The van der Waals surface area contributed by atoms with E-state index < -0.39 is 15.2 Å². The van der Waals surface area contributed by atoms with E-state index in [0.717, 1.165) is 0 Å². The Kier molecular flexibility index (Phi) is 12.2. The minimum Gasteiger partial charge on any atom is -0.309 e. The highest BCUT2D eigenvalue weighted by Crippen LogP contribution is 2.58. The van der Waals surface area contributed by atoms with Gasteiger partial charge in [-0.05, 0) is 103 Å². The molecule has 1 rings (SSSR count). The standard InChI is InChI=1S/C16H24Br4O6P2/c1-5-23-27(21,24-6-2)9-11-13(17)15(19)12(16(20)14(11)18)10-28(22,25-7-3)26-8-4/h5-10H2,1-4H3. The molecule has 0 atom stereocenters. The first-order chi connectivity index (χ1) is 13.1. The van der Waals surface area contributed by atoms with Crippen LogP contribution in [0.2, 0.25) is 0 Å². The van der Waals surface area contributed by atoms with E-state index in [1.54, 1.807) is 27.7 Å². The minimum absolute atomic E-state index is 0.0713. The lowest BCUT2D eigenvalue weighted by molar-refractivity contribution is 0.217. The summed E-state index contributed by atoms with van der Waals surface area (Å²) < 4.78 is 50.3. The van der Waals surface area contributed by atoms with E-state index in [-0.39, 0.29) is 38.8 Å². The smallest absolute Gasteiger partial charge is 0.309 e. The third kappa shape index (κ3) is 7.25. The molecule has 0 aliphatic heterocycles. The summed E-state index contributed by atoms with van der Waals surface area (Å²) in [4.78, 5) is 0. The zero-order chi connectivity index (χ0) is 21.5. The van der Waals surface area contributed by atoms with Crippen molar-refractivity contribution in [3.8, 4) is 0 Å². The van der Waals surface area contributed by atoms with Crippen LogP contribution in [0.15, 0.2) is 17.9 Å². The van der Waals surface area contributed by atoms with Crippen molar-refractivity contribution < 1.29 is 27.2 Å². The van der Waals surface area contributed by atoms with Crippen molar-refractivity contribution in [3.05, 3.63) is 29.0 Å². The Morgan fingerprint density at radius 3 is 0.964 bits per heavy atom. The topological polar surface area (TPSA) is 71.1 Å².